The number of hydrogen-bond acceptors (Lipinski definition) is 4. The van der Waals surface area contributed by atoms with Crippen molar-refractivity contribution in [3.8, 4) is 23.3 Å². The smallest absolute Gasteiger partial charge is 0.167 e. The molecular formula is C14H11NO2S. The lowest BCUT2D eigenvalue weighted by Gasteiger charge is -2.17. The lowest BCUT2D eigenvalue weighted by Crippen LogP contribution is -2.15. The van der Waals surface area contributed by atoms with Crippen LogP contribution in [0.1, 0.15) is 16.3 Å². The quantitative estimate of drug-likeness (QED) is 0.680. The molecule has 3 nitrogen and oxygen atoms in total. The van der Waals surface area contributed by atoms with Gasteiger partial charge in [-0.3, -0.25) is 0 Å². The highest BCUT2D eigenvalue weighted by molar-refractivity contribution is 7.10. The monoisotopic (exact) mass is 257 g/mol. The Kier molecular flexibility index (Phi) is 2.91. The summed E-state index contributed by atoms with van der Waals surface area (Å²) in [7, 11) is 0. The van der Waals surface area contributed by atoms with Crippen molar-refractivity contribution >= 4 is 11.3 Å². The normalized spacial score (nSPS) is 12.7. The zero-order chi connectivity index (χ0) is 12.4. The number of rotatable bonds is 0. The maximum atomic E-state index is 5.51. The second-order valence-electron chi connectivity index (χ2n) is 3.90. The highest BCUT2D eigenvalue weighted by atomic mass is 32.1. The maximum Gasteiger partial charge on any atom is 0.167 e. The first-order chi connectivity index (χ1) is 8.81. The number of ether oxygens (including phenoxy) is 2. The van der Waals surface area contributed by atoms with E-state index in [4.69, 9.17) is 9.47 Å². The second-order valence-corrected chi connectivity index (χ2v) is 4.76. The molecule has 90 valence electrons. The Hall–Kier alpha value is -1.99. The van der Waals surface area contributed by atoms with Gasteiger partial charge in [0, 0.05) is 16.6 Å². The van der Waals surface area contributed by atoms with Gasteiger partial charge in [0.05, 0.1) is 0 Å². The molecule has 3 rings (SSSR count). The van der Waals surface area contributed by atoms with Crippen molar-refractivity contribution in [2.75, 3.05) is 13.2 Å². The van der Waals surface area contributed by atoms with Crippen LogP contribution in [0.25, 0.3) is 0 Å². The zero-order valence-corrected chi connectivity index (χ0v) is 10.7. The third-order valence-corrected chi connectivity index (χ3v) is 3.35. The number of hydrogen-bond donors (Lipinski definition) is 0. The molecule has 1 aliphatic heterocycles. The van der Waals surface area contributed by atoms with Gasteiger partial charge in [-0.05, 0) is 31.0 Å². The second kappa shape index (κ2) is 4.71. The van der Waals surface area contributed by atoms with Crippen LogP contribution >= 0.6 is 11.3 Å². The highest BCUT2D eigenvalue weighted by Crippen LogP contribution is 2.30. The van der Waals surface area contributed by atoms with Crippen molar-refractivity contribution in [3.05, 3.63) is 39.8 Å². The Morgan fingerprint density at radius 1 is 1.17 bits per heavy atom. The first-order valence-electron chi connectivity index (χ1n) is 5.65. The molecule has 2 heterocycles. The number of benzene rings is 1. The minimum atomic E-state index is 0.593. The largest absolute Gasteiger partial charge is 0.486 e. The standard InChI is InChI=1S/C14H11NO2S/c1-10-9-18-14(15-10)5-3-11-2-4-12-13(8-11)17-7-6-16-12/h2,4,8-9H,6-7H2,1H3. The fraction of sp³-hybridized carbons (Fsp3) is 0.214. The van der Waals surface area contributed by atoms with Gasteiger partial charge >= 0.3 is 0 Å². The lowest BCUT2D eigenvalue weighted by molar-refractivity contribution is 0.171. The summed E-state index contributed by atoms with van der Waals surface area (Å²) in [6, 6.07) is 5.73. The fourth-order valence-corrected chi connectivity index (χ4v) is 2.30. The molecule has 0 saturated carbocycles. The molecule has 0 unspecified atom stereocenters. The lowest BCUT2D eigenvalue weighted by atomic mass is 10.2. The van der Waals surface area contributed by atoms with E-state index in [-0.39, 0.29) is 0 Å². The van der Waals surface area contributed by atoms with Gasteiger partial charge in [-0.1, -0.05) is 5.92 Å². The third kappa shape index (κ3) is 2.31. The molecule has 0 bridgehead atoms. The minimum absolute atomic E-state index is 0.593. The molecule has 1 aromatic carbocycles. The summed E-state index contributed by atoms with van der Waals surface area (Å²) < 4.78 is 11.0. The van der Waals surface area contributed by atoms with Crippen LogP contribution in [0.3, 0.4) is 0 Å². The summed E-state index contributed by atoms with van der Waals surface area (Å²) in [5.41, 5.74) is 1.92. The van der Waals surface area contributed by atoms with Gasteiger partial charge in [-0.25, -0.2) is 4.98 Å². The zero-order valence-electron chi connectivity index (χ0n) is 9.90. The molecule has 0 amide bonds. The third-order valence-electron chi connectivity index (χ3n) is 2.47. The first kappa shape index (κ1) is 11.1. The summed E-state index contributed by atoms with van der Waals surface area (Å²) in [5, 5.41) is 2.83. The maximum absolute atomic E-state index is 5.51. The van der Waals surface area contributed by atoms with Gasteiger partial charge in [0.25, 0.3) is 0 Å². The Bertz CT molecular complexity index is 637. The summed E-state index contributed by atoms with van der Waals surface area (Å²) in [6.07, 6.45) is 0. The predicted octanol–water partition coefficient (Wildman–Crippen LogP) is 2.62. The van der Waals surface area contributed by atoms with E-state index in [0.717, 1.165) is 27.8 Å². The SMILES string of the molecule is Cc1csc(C#Cc2ccc3c(c2)OCCO3)n1. The van der Waals surface area contributed by atoms with Gasteiger partial charge in [0.2, 0.25) is 0 Å². The molecule has 1 aromatic heterocycles. The number of nitrogens with zero attached hydrogens (tertiary/aromatic N) is 1. The molecule has 0 aliphatic carbocycles. The summed E-state index contributed by atoms with van der Waals surface area (Å²) in [5.74, 6) is 7.69. The average Bonchev–Trinajstić information content (AvgIpc) is 2.82. The molecule has 0 N–H and O–H groups in total. The molecule has 4 heteroatoms. The Morgan fingerprint density at radius 2 is 2.00 bits per heavy atom. The van der Waals surface area contributed by atoms with Gasteiger partial charge in [0.15, 0.2) is 16.5 Å². The molecule has 0 atom stereocenters. The van der Waals surface area contributed by atoms with Crippen molar-refractivity contribution in [1.82, 2.24) is 4.98 Å². The highest BCUT2D eigenvalue weighted by Gasteiger charge is 2.10. The van der Waals surface area contributed by atoms with Crippen molar-refractivity contribution in [1.29, 1.82) is 0 Å². The number of aromatic nitrogens is 1. The van der Waals surface area contributed by atoms with E-state index in [1.807, 2.05) is 30.5 Å². The van der Waals surface area contributed by atoms with Crippen molar-refractivity contribution in [2.24, 2.45) is 0 Å². The number of aryl methyl sites for hydroxylation is 1. The molecule has 0 fully saturated rings. The van der Waals surface area contributed by atoms with Crippen LogP contribution in [0.4, 0.5) is 0 Å². The molecule has 0 radical (unpaired) electrons. The van der Waals surface area contributed by atoms with Gasteiger partial charge < -0.3 is 9.47 Å². The fourth-order valence-electron chi connectivity index (χ4n) is 1.66. The summed E-state index contributed by atoms with van der Waals surface area (Å²) in [4.78, 5) is 4.30. The molecule has 18 heavy (non-hydrogen) atoms. The molecule has 0 saturated heterocycles. The van der Waals surface area contributed by atoms with E-state index in [1.54, 1.807) is 11.3 Å². The molecule has 0 spiro atoms. The Morgan fingerprint density at radius 3 is 2.78 bits per heavy atom. The van der Waals surface area contributed by atoms with Gasteiger partial charge in [0.1, 0.15) is 13.2 Å². The average molecular weight is 257 g/mol. The van der Waals surface area contributed by atoms with Gasteiger partial charge in [-0.15, -0.1) is 11.3 Å². The molecule has 2 aromatic rings. The van der Waals surface area contributed by atoms with Crippen LogP contribution < -0.4 is 9.47 Å². The van der Waals surface area contributed by atoms with E-state index in [1.165, 1.54) is 0 Å². The number of thiazole rings is 1. The van der Waals surface area contributed by atoms with Crippen molar-refractivity contribution < 1.29 is 9.47 Å². The summed E-state index contributed by atoms with van der Waals surface area (Å²) >= 11 is 1.56. The Labute approximate surface area is 109 Å². The van der Waals surface area contributed by atoms with Crippen molar-refractivity contribution in [3.63, 3.8) is 0 Å². The van der Waals surface area contributed by atoms with Gasteiger partial charge in [-0.2, -0.15) is 0 Å². The van der Waals surface area contributed by atoms with Crippen LogP contribution in [-0.4, -0.2) is 18.2 Å². The molecular weight excluding hydrogens is 246 g/mol. The van der Waals surface area contributed by atoms with Crippen molar-refractivity contribution in [2.45, 2.75) is 6.92 Å². The minimum Gasteiger partial charge on any atom is -0.486 e. The first-order valence-corrected chi connectivity index (χ1v) is 6.53. The van der Waals surface area contributed by atoms with E-state index in [9.17, 15) is 0 Å². The van der Waals surface area contributed by atoms with E-state index < -0.39 is 0 Å². The predicted molar refractivity (Wildman–Crippen MR) is 70.3 cm³/mol. The van der Waals surface area contributed by atoms with E-state index in [0.29, 0.717) is 13.2 Å². The van der Waals surface area contributed by atoms with E-state index in [2.05, 4.69) is 16.8 Å². The van der Waals surface area contributed by atoms with E-state index >= 15 is 0 Å². The number of fused-ring (bicyclic) bond motifs is 1. The van der Waals surface area contributed by atoms with Crippen LogP contribution in [0.2, 0.25) is 0 Å². The topological polar surface area (TPSA) is 31.4 Å². The van der Waals surface area contributed by atoms with Crippen LogP contribution in [-0.2, 0) is 0 Å². The van der Waals surface area contributed by atoms with Crippen LogP contribution in [0.5, 0.6) is 11.5 Å². The summed E-state index contributed by atoms with van der Waals surface area (Å²) in [6.45, 7) is 3.16. The van der Waals surface area contributed by atoms with Crippen LogP contribution in [0, 0.1) is 18.8 Å². The van der Waals surface area contributed by atoms with Crippen LogP contribution in [0.15, 0.2) is 23.6 Å². The molecule has 1 aliphatic rings. The Balaban J connectivity index is 1.87.